The van der Waals surface area contributed by atoms with Crippen LogP contribution in [0.2, 0.25) is 0 Å². The van der Waals surface area contributed by atoms with Crippen LogP contribution in [-0.4, -0.2) is 14.8 Å². The van der Waals surface area contributed by atoms with E-state index in [-0.39, 0.29) is 12.1 Å². The van der Waals surface area contributed by atoms with E-state index in [0.29, 0.717) is 0 Å². The third-order valence-corrected chi connectivity index (χ3v) is 3.74. The van der Waals surface area contributed by atoms with E-state index in [0.717, 1.165) is 18.1 Å². The molecule has 0 saturated heterocycles. The zero-order chi connectivity index (χ0) is 13.4. The molecule has 0 unspecified atom stereocenters. The van der Waals surface area contributed by atoms with Gasteiger partial charge in [0, 0.05) is 0 Å². The lowest BCUT2D eigenvalue weighted by Gasteiger charge is -2.31. The number of benzene rings is 1. The van der Waals surface area contributed by atoms with Gasteiger partial charge in [-0.05, 0) is 24.1 Å². The van der Waals surface area contributed by atoms with Gasteiger partial charge >= 0.3 is 0 Å². The predicted octanol–water partition coefficient (Wildman–Crippen LogP) is 3.02. The first-order chi connectivity index (χ1) is 9.92. The minimum absolute atomic E-state index is 0.126. The van der Waals surface area contributed by atoms with Crippen molar-refractivity contribution in [2.24, 2.45) is 0 Å². The van der Waals surface area contributed by atoms with Gasteiger partial charge in [-0.2, -0.15) is 0 Å². The van der Waals surface area contributed by atoms with Gasteiger partial charge in [0.15, 0.2) is 0 Å². The van der Waals surface area contributed by atoms with Crippen LogP contribution in [-0.2, 0) is 0 Å². The number of furan rings is 1. The number of hydrogen-bond donors (Lipinski definition) is 1. The molecule has 3 aromatic rings. The minimum Gasteiger partial charge on any atom is -0.467 e. The van der Waals surface area contributed by atoms with E-state index in [1.807, 2.05) is 22.8 Å². The summed E-state index contributed by atoms with van der Waals surface area (Å²) in [5, 5.41) is 11.6. The highest BCUT2D eigenvalue weighted by atomic mass is 16.3. The van der Waals surface area contributed by atoms with E-state index in [9.17, 15) is 0 Å². The van der Waals surface area contributed by atoms with Gasteiger partial charge in [-0.15, -0.1) is 10.2 Å². The molecule has 1 aliphatic rings. The Bertz CT molecular complexity index is 690. The maximum atomic E-state index is 5.58. The van der Waals surface area contributed by atoms with Crippen LogP contribution in [0.25, 0.3) is 0 Å². The number of aromatic nitrogens is 3. The molecule has 100 valence electrons. The van der Waals surface area contributed by atoms with Gasteiger partial charge in [0.1, 0.15) is 12.1 Å². The number of hydrogen-bond acceptors (Lipinski definition) is 4. The van der Waals surface area contributed by atoms with E-state index in [2.05, 4.69) is 39.8 Å². The molecule has 0 fully saturated rings. The van der Waals surface area contributed by atoms with Crippen LogP contribution in [0, 0.1) is 0 Å². The third-order valence-electron chi connectivity index (χ3n) is 3.74. The van der Waals surface area contributed by atoms with Crippen molar-refractivity contribution in [2.45, 2.75) is 18.5 Å². The van der Waals surface area contributed by atoms with Crippen molar-refractivity contribution in [3.63, 3.8) is 0 Å². The molecule has 0 saturated carbocycles. The second-order valence-electron chi connectivity index (χ2n) is 4.94. The van der Waals surface area contributed by atoms with Gasteiger partial charge in [0.25, 0.3) is 0 Å². The van der Waals surface area contributed by atoms with Gasteiger partial charge in [-0.3, -0.25) is 4.57 Å². The Balaban J connectivity index is 1.74. The predicted molar refractivity (Wildman–Crippen MR) is 74.3 cm³/mol. The highest BCUT2D eigenvalue weighted by Crippen LogP contribution is 2.37. The first kappa shape index (κ1) is 11.3. The quantitative estimate of drug-likeness (QED) is 0.774. The molecular formula is C15H14N4O. The Hall–Kier alpha value is -2.56. The normalized spacial score (nSPS) is 21.2. The smallest absolute Gasteiger partial charge is 0.225 e. The van der Waals surface area contributed by atoms with Crippen LogP contribution in [0.1, 0.15) is 29.8 Å². The summed E-state index contributed by atoms with van der Waals surface area (Å²) in [6, 6.07) is 14.6. The fourth-order valence-corrected chi connectivity index (χ4v) is 2.76. The van der Waals surface area contributed by atoms with E-state index in [4.69, 9.17) is 4.42 Å². The molecule has 2 aromatic heterocycles. The molecule has 1 aliphatic heterocycles. The Morgan fingerprint density at radius 1 is 1.15 bits per heavy atom. The van der Waals surface area contributed by atoms with Crippen LogP contribution in [0.15, 0.2) is 59.5 Å². The van der Waals surface area contributed by atoms with Crippen molar-refractivity contribution < 1.29 is 4.42 Å². The van der Waals surface area contributed by atoms with Crippen LogP contribution in [0.3, 0.4) is 0 Å². The molecule has 0 bridgehead atoms. The molecule has 0 radical (unpaired) electrons. The van der Waals surface area contributed by atoms with Gasteiger partial charge in [-0.1, -0.05) is 30.3 Å². The van der Waals surface area contributed by atoms with E-state index < -0.39 is 0 Å². The van der Waals surface area contributed by atoms with Gasteiger partial charge in [-0.25, -0.2) is 0 Å². The van der Waals surface area contributed by atoms with Crippen molar-refractivity contribution in [1.29, 1.82) is 0 Å². The average molecular weight is 266 g/mol. The average Bonchev–Trinajstić information content (AvgIpc) is 3.18. The van der Waals surface area contributed by atoms with Crippen molar-refractivity contribution >= 4 is 5.95 Å². The van der Waals surface area contributed by atoms with E-state index in [1.54, 1.807) is 12.6 Å². The topological polar surface area (TPSA) is 55.9 Å². The number of nitrogens with zero attached hydrogens (tertiary/aromatic N) is 3. The largest absolute Gasteiger partial charge is 0.467 e. The van der Waals surface area contributed by atoms with Crippen molar-refractivity contribution in [1.82, 2.24) is 14.8 Å². The van der Waals surface area contributed by atoms with Crippen LogP contribution >= 0.6 is 0 Å². The van der Waals surface area contributed by atoms with Crippen molar-refractivity contribution in [3.05, 3.63) is 66.4 Å². The lowest BCUT2D eigenvalue weighted by molar-refractivity contribution is 0.381. The molecule has 0 spiro atoms. The fraction of sp³-hybridized carbons (Fsp3) is 0.200. The number of anilines is 1. The molecule has 4 rings (SSSR count). The highest BCUT2D eigenvalue weighted by Gasteiger charge is 2.30. The zero-order valence-corrected chi connectivity index (χ0v) is 10.8. The number of fused-ring (bicyclic) bond motifs is 1. The molecule has 5 heteroatoms. The Morgan fingerprint density at radius 3 is 2.85 bits per heavy atom. The summed E-state index contributed by atoms with van der Waals surface area (Å²) in [6.45, 7) is 0. The van der Waals surface area contributed by atoms with E-state index >= 15 is 0 Å². The Kier molecular flexibility index (Phi) is 2.55. The summed E-state index contributed by atoms with van der Waals surface area (Å²) in [7, 11) is 0. The first-order valence-corrected chi connectivity index (χ1v) is 6.66. The Morgan fingerprint density at radius 2 is 2.05 bits per heavy atom. The Labute approximate surface area is 116 Å². The lowest BCUT2D eigenvalue weighted by atomic mass is 9.96. The molecule has 20 heavy (non-hydrogen) atoms. The second kappa shape index (κ2) is 4.52. The monoisotopic (exact) mass is 266 g/mol. The van der Waals surface area contributed by atoms with Crippen LogP contribution in [0.4, 0.5) is 5.95 Å². The van der Waals surface area contributed by atoms with Crippen LogP contribution in [0.5, 0.6) is 0 Å². The summed E-state index contributed by atoms with van der Waals surface area (Å²) in [6.07, 6.45) is 4.36. The fourth-order valence-electron chi connectivity index (χ4n) is 2.76. The van der Waals surface area contributed by atoms with E-state index in [1.165, 1.54) is 5.56 Å². The highest BCUT2D eigenvalue weighted by molar-refractivity contribution is 5.37. The third kappa shape index (κ3) is 1.79. The van der Waals surface area contributed by atoms with Crippen molar-refractivity contribution in [3.8, 4) is 0 Å². The molecule has 5 nitrogen and oxygen atoms in total. The summed E-state index contributed by atoms with van der Waals surface area (Å²) in [5.74, 6) is 1.72. The maximum Gasteiger partial charge on any atom is 0.225 e. The molecule has 0 aliphatic carbocycles. The standard InChI is InChI=1S/C15H14N4O/c1-2-5-11(6-3-1)12-9-13(14-7-4-8-20-14)19-10-16-18-15(19)17-12/h1-8,10,12-13H,9H2,(H,17,18)/t12-,13+/m0/s1. The zero-order valence-electron chi connectivity index (χ0n) is 10.8. The lowest BCUT2D eigenvalue weighted by Crippen LogP contribution is -2.26. The molecule has 3 heterocycles. The second-order valence-corrected chi connectivity index (χ2v) is 4.94. The molecule has 2 atom stereocenters. The molecule has 1 aromatic carbocycles. The molecule has 0 amide bonds. The maximum absolute atomic E-state index is 5.58. The van der Waals surface area contributed by atoms with Crippen LogP contribution < -0.4 is 5.32 Å². The SMILES string of the molecule is c1ccc([C@@H]2C[C@H](c3ccco3)n3cnnc3N2)cc1. The summed E-state index contributed by atoms with van der Waals surface area (Å²) >= 11 is 0. The van der Waals surface area contributed by atoms with Gasteiger partial charge < -0.3 is 9.73 Å². The van der Waals surface area contributed by atoms with Gasteiger partial charge in [0.2, 0.25) is 5.95 Å². The summed E-state index contributed by atoms with van der Waals surface area (Å²) < 4.78 is 7.61. The summed E-state index contributed by atoms with van der Waals surface area (Å²) in [4.78, 5) is 0. The molecule has 1 N–H and O–H groups in total. The molecular weight excluding hydrogens is 252 g/mol. The number of rotatable bonds is 2. The summed E-state index contributed by atoms with van der Waals surface area (Å²) in [5.41, 5.74) is 1.25. The van der Waals surface area contributed by atoms with Gasteiger partial charge in [0.05, 0.1) is 18.3 Å². The minimum atomic E-state index is 0.126. The number of nitrogens with one attached hydrogen (secondary N) is 1. The first-order valence-electron chi connectivity index (χ1n) is 6.66. The van der Waals surface area contributed by atoms with Crippen molar-refractivity contribution in [2.75, 3.05) is 5.32 Å².